The molecule has 5 nitrogen and oxygen atoms in total. The van der Waals surface area contributed by atoms with Crippen molar-refractivity contribution < 1.29 is 13.9 Å². The van der Waals surface area contributed by atoms with E-state index in [1.807, 2.05) is 42.5 Å². The number of ether oxygens (including phenoxy) is 1. The van der Waals surface area contributed by atoms with Crippen molar-refractivity contribution in [2.24, 2.45) is 0 Å². The molecule has 0 aliphatic heterocycles. The first kappa shape index (κ1) is 19.7. The number of hydrogen-bond acceptors (Lipinski definition) is 3. The number of methoxy groups -OCH3 is 1. The van der Waals surface area contributed by atoms with E-state index in [2.05, 4.69) is 10.4 Å². The van der Waals surface area contributed by atoms with Gasteiger partial charge in [0.05, 0.1) is 29.1 Å². The van der Waals surface area contributed by atoms with Gasteiger partial charge in [-0.3, -0.25) is 4.79 Å². The van der Waals surface area contributed by atoms with Gasteiger partial charge in [0, 0.05) is 11.8 Å². The van der Waals surface area contributed by atoms with E-state index in [1.165, 1.54) is 12.1 Å². The van der Waals surface area contributed by atoms with Crippen LogP contribution in [-0.4, -0.2) is 22.8 Å². The summed E-state index contributed by atoms with van der Waals surface area (Å²) in [5, 5.41) is 7.48. The number of rotatable bonds is 5. The molecule has 0 atom stereocenters. The van der Waals surface area contributed by atoms with E-state index in [4.69, 9.17) is 16.3 Å². The van der Waals surface area contributed by atoms with E-state index in [-0.39, 0.29) is 5.02 Å². The summed E-state index contributed by atoms with van der Waals surface area (Å²) >= 11 is 6.06. The van der Waals surface area contributed by atoms with Gasteiger partial charge in [0.25, 0.3) is 5.91 Å². The van der Waals surface area contributed by atoms with Crippen LogP contribution in [0.2, 0.25) is 5.02 Å². The highest BCUT2D eigenvalue weighted by Crippen LogP contribution is 2.28. The predicted molar refractivity (Wildman–Crippen MR) is 115 cm³/mol. The maximum Gasteiger partial charge on any atom is 0.259 e. The summed E-state index contributed by atoms with van der Waals surface area (Å²) in [6, 6.07) is 20.5. The number of nitrogens with zero attached hydrogens (tertiary/aromatic N) is 2. The highest BCUT2D eigenvalue weighted by Gasteiger charge is 2.20. The second-order valence-electron chi connectivity index (χ2n) is 6.48. The van der Waals surface area contributed by atoms with Gasteiger partial charge in [-0.15, -0.1) is 0 Å². The summed E-state index contributed by atoms with van der Waals surface area (Å²) in [5.41, 5.74) is 2.73. The lowest BCUT2D eigenvalue weighted by atomic mass is 10.1. The standard InChI is InChI=1S/C23H17ClFN3O2/c1-30-18-10-7-15(8-11-18)22-19(14-28(27-22)17-5-3-2-4-6-17)23(29)26-21-12-9-16(25)13-20(21)24/h2-14H,1H3,(H,26,29). The number of hydrogen-bond donors (Lipinski definition) is 1. The van der Waals surface area contributed by atoms with Crippen molar-refractivity contribution in [2.75, 3.05) is 12.4 Å². The normalized spacial score (nSPS) is 10.6. The van der Waals surface area contributed by atoms with Crippen LogP contribution in [0.15, 0.2) is 79.0 Å². The number of carbonyl (C=O) groups is 1. The van der Waals surface area contributed by atoms with E-state index in [0.29, 0.717) is 22.7 Å². The Morgan fingerprint density at radius 2 is 1.80 bits per heavy atom. The highest BCUT2D eigenvalue weighted by atomic mass is 35.5. The molecule has 0 saturated heterocycles. The molecule has 0 aliphatic carbocycles. The zero-order valence-electron chi connectivity index (χ0n) is 16.0. The molecule has 30 heavy (non-hydrogen) atoms. The third kappa shape index (κ3) is 4.04. The molecule has 0 aliphatic rings. The average molecular weight is 422 g/mol. The Bertz CT molecular complexity index is 1190. The first-order valence-corrected chi connectivity index (χ1v) is 9.49. The maximum atomic E-state index is 13.3. The number of aromatic nitrogens is 2. The number of carbonyl (C=O) groups excluding carboxylic acids is 1. The molecule has 0 radical (unpaired) electrons. The summed E-state index contributed by atoms with van der Waals surface area (Å²) in [4.78, 5) is 13.1. The minimum Gasteiger partial charge on any atom is -0.497 e. The molecular weight excluding hydrogens is 405 g/mol. The van der Waals surface area contributed by atoms with E-state index in [0.717, 1.165) is 17.3 Å². The predicted octanol–water partition coefficient (Wildman–Crippen LogP) is 5.59. The molecule has 3 aromatic carbocycles. The Balaban J connectivity index is 1.76. The third-order valence-corrected chi connectivity index (χ3v) is 4.84. The van der Waals surface area contributed by atoms with Crippen LogP contribution in [-0.2, 0) is 0 Å². The van der Waals surface area contributed by atoms with Crippen molar-refractivity contribution in [3.63, 3.8) is 0 Å². The van der Waals surface area contributed by atoms with Gasteiger partial charge in [0.15, 0.2) is 0 Å². The number of amides is 1. The smallest absolute Gasteiger partial charge is 0.259 e. The van der Waals surface area contributed by atoms with E-state index in [1.54, 1.807) is 30.1 Å². The molecule has 1 N–H and O–H groups in total. The molecule has 1 heterocycles. The maximum absolute atomic E-state index is 13.3. The largest absolute Gasteiger partial charge is 0.497 e. The van der Waals surface area contributed by atoms with Crippen molar-refractivity contribution in [1.82, 2.24) is 9.78 Å². The Hall–Kier alpha value is -3.64. The molecule has 0 spiro atoms. The summed E-state index contributed by atoms with van der Waals surface area (Å²) in [5.74, 6) is -0.185. The molecular formula is C23H17ClFN3O2. The number of nitrogens with one attached hydrogen (secondary N) is 1. The zero-order valence-corrected chi connectivity index (χ0v) is 16.7. The Labute approximate surface area is 177 Å². The fourth-order valence-electron chi connectivity index (χ4n) is 3.00. The van der Waals surface area contributed by atoms with E-state index in [9.17, 15) is 9.18 Å². The molecule has 1 amide bonds. The highest BCUT2D eigenvalue weighted by molar-refractivity contribution is 6.34. The van der Waals surface area contributed by atoms with Crippen molar-refractivity contribution in [3.05, 3.63) is 95.4 Å². The van der Waals surface area contributed by atoms with Gasteiger partial charge in [-0.25, -0.2) is 9.07 Å². The fourth-order valence-corrected chi connectivity index (χ4v) is 3.21. The van der Waals surface area contributed by atoms with Crippen LogP contribution in [0.3, 0.4) is 0 Å². The average Bonchev–Trinajstić information content (AvgIpc) is 3.22. The third-order valence-electron chi connectivity index (χ3n) is 4.52. The quantitative estimate of drug-likeness (QED) is 0.456. The van der Waals surface area contributed by atoms with Crippen LogP contribution in [0, 0.1) is 5.82 Å². The van der Waals surface area contributed by atoms with Crippen molar-refractivity contribution >= 4 is 23.2 Å². The minimum absolute atomic E-state index is 0.116. The molecule has 0 bridgehead atoms. The second-order valence-corrected chi connectivity index (χ2v) is 6.89. The van der Waals surface area contributed by atoms with Crippen molar-refractivity contribution in [3.8, 4) is 22.7 Å². The van der Waals surface area contributed by atoms with Crippen molar-refractivity contribution in [1.29, 1.82) is 0 Å². The van der Waals surface area contributed by atoms with Crippen LogP contribution in [0.1, 0.15) is 10.4 Å². The summed E-state index contributed by atoms with van der Waals surface area (Å²) in [7, 11) is 1.59. The van der Waals surface area contributed by atoms with Crippen LogP contribution in [0.25, 0.3) is 16.9 Å². The number of benzene rings is 3. The first-order valence-electron chi connectivity index (χ1n) is 9.11. The van der Waals surface area contributed by atoms with Gasteiger partial charge in [0.1, 0.15) is 17.3 Å². The van der Waals surface area contributed by atoms with Gasteiger partial charge < -0.3 is 10.1 Å². The number of para-hydroxylation sites is 1. The molecule has 1 aromatic heterocycles. The summed E-state index contributed by atoms with van der Waals surface area (Å²) in [6.45, 7) is 0. The van der Waals surface area contributed by atoms with Crippen LogP contribution < -0.4 is 10.1 Å². The lowest BCUT2D eigenvalue weighted by Crippen LogP contribution is -2.12. The minimum atomic E-state index is -0.478. The fraction of sp³-hybridized carbons (Fsp3) is 0.0435. The van der Waals surface area contributed by atoms with Crippen LogP contribution in [0.4, 0.5) is 10.1 Å². The van der Waals surface area contributed by atoms with Crippen LogP contribution in [0.5, 0.6) is 5.75 Å². The molecule has 150 valence electrons. The van der Waals surface area contributed by atoms with E-state index >= 15 is 0 Å². The van der Waals surface area contributed by atoms with Crippen LogP contribution >= 0.6 is 11.6 Å². The Kier molecular flexibility index (Phi) is 5.50. The summed E-state index contributed by atoms with van der Waals surface area (Å²) in [6.07, 6.45) is 1.65. The number of anilines is 1. The Morgan fingerprint density at radius 3 is 2.47 bits per heavy atom. The monoisotopic (exact) mass is 421 g/mol. The lowest BCUT2D eigenvalue weighted by molar-refractivity contribution is 0.102. The molecule has 0 unspecified atom stereocenters. The number of halogens is 2. The van der Waals surface area contributed by atoms with Gasteiger partial charge in [-0.2, -0.15) is 5.10 Å². The second kappa shape index (κ2) is 8.39. The van der Waals surface area contributed by atoms with Crippen molar-refractivity contribution in [2.45, 2.75) is 0 Å². The topological polar surface area (TPSA) is 56.2 Å². The SMILES string of the molecule is COc1ccc(-c2nn(-c3ccccc3)cc2C(=O)Nc2ccc(F)cc2Cl)cc1. The lowest BCUT2D eigenvalue weighted by Gasteiger charge is -2.08. The van der Waals surface area contributed by atoms with Gasteiger partial charge in [0.2, 0.25) is 0 Å². The van der Waals surface area contributed by atoms with Gasteiger partial charge in [-0.05, 0) is 54.6 Å². The molecule has 0 fully saturated rings. The molecule has 4 aromatic rings. The molecule has 7 heteroatoms. The van der Waals surface area contributed by atoms with Gasteiger partial charge in [-0.1, -0.05) is 29.8 Å². The van der Waals surface area contributed by atoms with E-state index < -0.39 is 11.7 Å². The van der Waals surface area contributed by atoms with Gasteiger partial charge >= 0.3 is 0 Å². The molecule has 0 saturated carbocycles. The first-order chi connectivity index (χ1) is 14.5. The Morgan fingerprint density at radius 1 is 1.07 bits per heavy atom. The molecule has 4 rings (SSSR count). The summed E-state index contributed by atoms with van der Waals surface area (Å²) < 4.78 is 20.2. The zero-order chi connectivity index (χ0) is 21.1.